The molecule has 0 aliphatic rings. The van der Waals surface area contributed by atoms with E-state index in [4.69, 9.17) is 10.5 Å². The van der Waals surface area contributed by atoms with Crippen LogP contribution in [0.4, 0.5) is 5.82 Å². The minimum atomic E-state index is 0.513. The Labute approximate surface area is 117 Å². The zero-order valence-corrected chi connectivity index (χ0v) is 11.2. The Morgan fingerprint density at radius 3 is 2.35 bits per heavy atom. The standard InChI is InChI=1S/C16H15N3O/c1-20-14-9-7-12(8-10-14)15-11-19(18-16(15)17)13-5-3-2-4-6-13/h2-11H,1H3,(H2,17,18). The Morgan fingerprint density at radius 2 is 1.70 bits per heavy atom. The van der Waals surface area contributed by atoms with Crippen LogP contribution >= 0.6 is 0 Å². The maximum atomic E-state index is 6.02. The Bertz CT molecular complexity index is 702. The number of benzene rings is 2. The molecule has 0 bridgehead atoms. The molecule has 0 atom stereocenters. The second-order valence-corrected chi connectivity index (χ2v) is 4.44. The van der Waals surface area contributed by atoms with Crippen molar-refractivity contribution >= 4 is 5.82 Å². The first-order valence-electron chi connectivity index (χ1n) is 6.33. The van der Waals surface area contributed by atoms with Crippen LogP contribution in [0, 0.1) is 0 Å². The van der Waals surface area contributed by atoms with E-state index in [-0.39, 0.29) is 0 Å². The van der Waals surface area contributed by atoms with Gasteiger partial charge in [-0.1, -0.05) is 30.3 Å². The number of nitrogen functional groups attached to an aromatic ring is 1. The number of hydrogen-bond acceptors (Lipinski definition) is 3. The lowest BCUT2D eigenvalue weighted by molar-refractivity contribution is 0.415. The van der Waals surface area contributed by atoms with E-state index in [1.54, 1.807) is 11.8 Å². The molecule has 0 fully saturated rings. The molecule has 1 aromatic heterocycles. The first-order chi connectivity index (χ1) is 9.78. The van der Waals surface area contributed by atoms with Crippen molar-refractivity contribution < 1.29 is 4.74 Å². The summed E-state index contributed by atoms with van der Waals surface area (Å²) in [6.07, 6.45) is 1.94. The molecule has 3 aromatic rings. The molecule has 3 rings (SSSR count). The maximum Gasteiger partial charge on any atom is 0.153 e. The number of para-hydroxylation sites is 1. The molecule has 0 aliphatic heterocycles. The van der Waals surface area contributed by atoms with Crippen LogP contribution in [0.5, 0.6) is 5.75 Å². The molecule has 4 nitrogen and oxygen atoms in total. The van der Waals surface area contributed by atoms with E-state index in [0.29, 0.717) is 5.82 Å². The summed E-state index contributed by atoms with van der Waals surface area (Å²) in [5.41, 5.74) is 8.94. The zero-order chi connectivity index (χ0) is 13.9. The minimum absolute atomic E-state index is 0.513. The predicted molar refractivity (Wildman–Crippen MR) is 80.0 cm³/mol. The van der Waals surface area contributed by atoms with Gasteiger partial charge in [-0.25, -0.2) is 4.68 Å². The van der Waals surface area contributed by atoms with Gasteiger partial charge in [-0.05, 0) is 29.8 Å². The first-order valence-corrected chi connectivity index (χ1v) is 6.33. The average Bonchev–Trinajstić information content (AvgIpc) is 2.90. The molecule has 0 aliphatic carbocycles. The van der Waals surface area contributed by atoms with E-state index in [1.165, 1.54) is 0 Å². The number of ether oxygens (including phenoxy) is 1. The fraction of sp³-hybridized carbons (Fsp3) is 0.0625. The summed E-state index contributed by atoms with van der Waals surface area (Å²) >= 11 is 0. The van der Waals surface area contributed by atoms with Gasteiger partial charge in [0, 0.05) is 11.8 Å². The van der Waals surface area contributed by atoms with E-state index < -0.39 is 0 Å². The summed E-state index contributed by atoms with van der Waals surface area (Å²) in [4.78, 5) is 0. The molecule has 0 saturated carbocycles. The third-order valence-corrected chi connectivity index (χ3v) is 3.16. The van der Waals surface area contributed by atoms with Crippen molar-refractivity contribution in [3.8, 4) is 22.6 Å². The number of anilines is 1. The van der Waals surface area contributed by atoms with Gasteiger partial charge in [0.1, 0.15) is 5.75 Å². The summed E-state index contributed by atoms with van der Waals surface area (Å²) in [6, 6.07) is 17.7. The topological polar surface area (TPSA) is 53.1 Å². The molecule has 100 valence electrons. The molecule has 2 aromatic carbocycles. The number of methoxy groups -OCH3 is 1. The van der Waals surface area contributed by atoms with Gasteiger partial charge < -0.3 is 10.5 Å². The molecular formula is C16H15N3O. The lowest BCUT2D eigenvalue weighted by atomic mass is 10.1. The van der Waals surface area contributed by atoms with Gasteiger partial charge in [0.25, 0.3) is 0 Å². The molecule has 2 N–H and O–H groups in total. The molecule has 0 unspecified atom stereocenters. The molecule has 0 saturated heterocycles. The third kappa shape index (κ3) is 2.23. The monoisotopic (exact) mass is 265 g/mol. The maximum absolute atomic E-state index is 6.02. The van der Waals surface area contributed by atoms with Gasteiger partial charge in [0.05, 0.1) is 12.8 Å². The predicted octanol–water partition coefficient (Wildman–Crippen LogP) is 3.13. The molecule has 20 heavy (non-hydrogen) atoms. The van der Waals surface area contributed by atoms with Crippen molar-refractivity contribution in [2.75, 3.05) is 12.8 Å². The lowest BCUT2D eigenvalue weighted by Crippen LogP contribution is -1.95. The molecule has 0 amide bonds. The van der Waals surface area contributed by atoms with Crippen LogP contribution in [0.25, 0.3) is 16.8 Å². The fourth-order valence-corrected chi connectivity index (χ4v) is 2.09. The lowest BCUT2D eigenvalue weighted by Gasteiger charge is -2.01. The fourth-order valence-electron chi connectivity index (χ4n) is 2.09. The van der Waals surface area contributed by atoms with E-state index >= 15 is 0 Å². The number of nitrogens with two attached hydrogens (primary N) is 1. The average molecular weight is 265 g/mol. The molecular weight excluding hydrogens is 250 g/mol. The van der Waals surface area contributed by atoms with Gasteiger partial charge in [-0.15, -0.1) is 0 Å². The summed E-state index contributed by atoms with van der Waals surface area (Å²) in [5.74, 6) is 1.33. The SMILES string of the molecule is COc1ccc(-c2cn(-c3ccccc3)nc2N)cc1. The van der Waals surface area contributed by atoms with Crippen molar-refractivity contribution in [3.05, 3.63) is 60.8 Å². The Balaban J connectivity index is 2.00. The minimum Gasteiger partial charge on any atom is -0.497 e. The van der Waals surface area contributed by atoms with Crippen molar-refractivity contribution in [2.24, 2.45) is 0 Å². The van der Waals surface area contributed by atoms with Crippen molar-refractivity contribution in [1.29, 1.82) is 0 Å². The second kappa shape index (κ2) is 5.09. The van der Waals surface area contributed by atoms with Gasteiger partial charge in [-0.2, -0.15) is 5.10 Å². The van der Waals surface area contributed by atoms with Crippen molar-refractivity contribution in [1.82, 2.24) is 9.78 Å². The van der Waals surface area contributed by atoms with E-state index in [9.17, 15) is 0 Å². The molecule has 4 heteroatoms. The van der Waals surface area contributed by atoms with Crippen LogP contribution < -0.4 is 10.5 Å². The van der Waals surface area contributed by atoms with Gasteiger partial charge in [-0.3, -0.25) is 0 Å². The smallest absolute Gasteiger partial charge is 0.153 e. The van der Waals surface area contributed by atoms with Crippen LogP contribution in [-0.4, -0.2) is 16.9 Å². The van der Waals surface area contributed by atoms with Gasteiger partial charge in [0.15, 0.2) is 5.82 Å². The first kappa shape index (κ1) is 12.3. The van der Waals surface area contributed by atoms with Gasteiger partial charge in [0.2, 0.25) is 0 Å². The Hall–Kier alpha value is -2.75. The van der Waals surface area contributed by atoms with Crippen LogP contribution in [-0.2, 0) is 0 Å². The largest absolute Gasteiger partial charge is 0.497 e. The van der Waals surface area contributed by atoms with Crippen LogP contribution in [0.2, 0.25) is 0 Å². The second-order valence-electron chi connectivity index (χ2n) is 4.44. The molecule has 0 spiro atoms. The molecule has 1 heterocycles. The Kier molecular flexibility index (Phi) is 3.13. The number of nitrogens with zero attached hydrogens (tertiary/aromatic N) is 2. The Morgan fingerprint density at radius 1 is 1.00 bits per heavy atom. The highest BCUT2D eigenvalue weighted by atomic mass is 16.5. The summed E-state index contributed by atoms with van der Waals surface area (Å²) < 4.78 is 6.94. The summed E-state index contributed by atoms with van der Waals surface area (Å²) in [6.45, 7) is 0. The highest BCUT2D eigenvalue weighted by Gasteiger charge is 2.09. The normalized spacial score (nSPS) is 10.4. The highest BCUT2D eigenvalue weighted by molar-refractivity contribution is 5.74. The van der Waals surface area contributed by atoms with Crippen LogP contribution in [0.1, 0.15) is 0 Å². The zero-order valence-electron chi connectivity index (χ0n) is 11.2. The van der Waals surface area contributed by atoms with Crippen molar-refractivity contribution in [3.63, 3.8) is 0 Å². The highest BCUT2D eigenvalue weighted by Crippen LogP contribution is 2.27. The summed E-state index contributed by atoms with van der Waals surface area (Å²) in [7, 11) is 1.65. The third-order valence-electron chi connectivity index (χ3n) is 3.16. The quantitative estimate of drug-likeness (QED) is 0.791. The molecule has 0 radical (unpaired) electrons. The number of hydrogen-bond donors (Lipinski definition) is 1. The van der Waals surface area contributed by atoms with E-state index in [1.807, 2.05) is 60.8 Å². The van der Waals surface area contributed by atoms with E-state index in [2.05, 4.69) is 5.10 Å². The van der Waals surface area contributed by atoms with E-state index in [0.717, 1.165) is 22.6 Å². The number of aromatic nitrogens is 2. The van der Waals surface area contributed by atoms with Crippen molar-refractivity contribution in [2.45, 2.75) is 0 Å². The van der Waals surface area contributed by atoms with Crippen LogP contribution in [0.3, 0.4) is 0 Å². The van der Waals surface area contributed by atoms with Gasteiger partial charge >= 0.3 is 0 Å². The number of rotatable bonds is 3. The van der Waals surface area contributed by atoms with Crippen LogP contribution in [0.15, 0.2) is 60.8 Å². The summed E-state index contributed by atoms with van der Waals surface area (Å²) in [5, 5.41) is 4.36.